The second kappa shape index (κ2) is 9.16. The number of nitrogens with zero attached hydrogens (tertiary/aromatic N) is 3. The van der Waals surface area contributed by atoms with E-state index in [-0.39, 0.29) is 0 Å². The average Bonchev–Trinajstić information content (AvgIpc) is 3.41. The summed E-state index contributed by atoms with van der Waals surface area (Å²) in [5, 5.41) is 0. The fourth-order valence-corrected chi connectivity index (χ4v) is 4.44. The molecule has 0 atom stereocenters. The van der Waals surface area contributed by atoms with E-state index < -0.39 is 11.5 Å². The minimum atomic E-state index is -0.658. The molecule has 0 saturated heterocycles. The zero-order valence-electron chi connectivity index (χ0n) is 18.7. The highest BCUT2D eigenvalue weighted by atomic mass is 16.5. The predicted octanol–water partition coefficient (Wildman–Crippen LogP) is 5.57. The summed E-state index contributed by atoms with van der Waals surface area (Å²) in [5.41, 5.74) is 4.35. The predicted molar refractivity (Wildman–Crippen MR) is 131 cm³/mol. The third-order valence-corrected chi connectivity index (χ3v) is 5.99. The van der Waals surface area contributed by atoms with Gasteiger partial charge in [-0.25, -0.2) is 9.78 Å². The average molecular weight is 446 g/mol. The smallest absolute Gasteiger partial charge is 0.337 e. The van der Waals surface area contributed by atoms with Crippen LogP contribution in [0.25, 0.3) is 11.4 Å². The number of hydrogen-bond acceptors (Lipinski definition) is 4. The second-order valence-electron chi connectivity index (χ2n) is 7.90. The van der Waals surface area contributed by atoms with E-state index in [9.17, 15) is 4.79 Å². The monoisotopic (exact) mass is 445 g/mol. The summed E-state index contributed by atoms with van der Waals surface area (Å²) in [6.45, 7) is 0. The lowest BCUT2D eigenvalue weighted by Gasteiger charge is -2.37. The fraction of sp³-hybridized carbons (Fsp3) is 0.0690. The molecule has 0 amide bonds. The summed E-state index contributed by atoms with van der Waals surface area (Å²) in [5.74, 6) is -0.407. The SMILES string of the molecule is COC(=O)c1ccnc(-c2cn(C(c3ccccc3)(c3ccccc3)c3ccccc3)cn2)c1. The van der Waals surface area contributed by atoms with Crippen LogP contribution in [0.4, 0.5) is 0 Å². The summed E-state index contributed by atoms with van der Waals surface area (Å²) >= 11 is 0. The molecule has 0 saturated carbocycles. The Bertz CT molecular complexity index is 1300. The first-order chi connectivity index (χ1) is 16.7. The van der Waals surface area contributed by atoms with Crippen molar-refractivity contribution in [1.82, 2.24) is 14.5 Å². The first-order valence-electron chi connectivity index (χ1n) is 11.0. The first-order valence-corrected chi connectivity index (χ1v) is 11.0. The summed E-state index contributed by atoms with van der Waals surface area (Å²) < 4.78 is 6.99. The van der Waals surface area contributed by atoms with Gasteiger partial charge < -0.3 is 9.30 Å². The number of imidazole rings is 1. The number of hydrogen-bond donors (Lipinski definition) is 0. The summed E-state index contributed by atoms with van der Waals surface area (Å²) in [7, 11) is 1.37. The number of pyridine rings is 1. The van der Waals surface area contributed by atoms with Crippen LogP contribution in [0.5, 0.6) is 0 Å². The Morgan fingerprint density at radius 3 is 1.76 bits per heavy atom. The number of aromatic nitrogens is 3. The van der Waals surface area contributed by atoms with Crippen molar-refractivity contribution in [2.75, 3.05) is 7.11 Å². The van der Waals surface area contributed by atoms with Crippen molar-refractivity contribution in [2.45, 2.75) is 5.54 Å². The van der Waals surface area contributed by atoms with Gasteiger partial charge in [0.1, 0.15) is 11.2 Å². The summed E-state index contributed by atoms with van der Waals surface area (Å²) in [4.78, 5) is 21.2. The van der Waals surface area contributed by atoms with Crippen molar-refractivity contribution >= 4 is 5.97 Å². The highest BCUT2D eigenvalue weighted by molar-refractivity contribution is 5.90. The van der Waals surface area contributed by atoms with E-state index in [1.807, 2.05) is 30.7 Å². The van der Waals surface area contributed by atoms with E-state index in [4.69, 9.17) is 9.72 Å². The molecule has 0 fully saturated rings. The number of esters is 1. The van der Waals surface area contributed by atoms with E-state index >= 15 is 0 Å². The molecule has 34 heavy (non-hydrogen) atoms. The van der Waals surface area contributed by atoms with E-state index in [0.29, 0.717) is 17.0 Å². The number of carbonyl (C=O) groups excluding carboxylic acids is 1. The standard InChI is InChI=1S/C29H23N3O2/c1-34-28(33)22-17-18-30-26(19-22)27-20-32(21-31-27)29(23-11-5-2-6-12-23,24-13-7-3-8-14-24)25-15-9-4-10-16-25/h2-21H,1H3. The van der Waals surface area contributed by atoms with E-state index in [2.05, 4.69) is 82.3 Å². The summed E-state index contributed by atoms with van der Waals surface area (Å²) in [6, 6.07) is 34.5. The fourth-order valence-electron chi connectivity index (χ4n) is 4.44. The van der Waals surface area contributed by atoms with Gasteiger partial charge in [-0.05, 0) is 28.8 Å². The zero-order valence-corrected chi connectivity index (χ0v) is 18.7. The Morgan fingerprint density at radius 1 is 0.735 bits per heavy atom. The van der Waals surface area contributed by atoms with Crippen molar-refractivity contribution in [3.8, 4) is 11.4 Å². The van der Waals surface area contributed by atoms with Gasteiger partial charge in [-0.1, -0.05) is 91.0 Å². The van der Waals surface area contributed by atoms with Crippen LogP contribution in [-0.4, -0.2) is 27.6 Å². The minimum Gasteiger partial charge on any atom is -0.465 e. The van der Waals surface area contributed by atoms with Crippen LogP contribution in [-0.2, 0) is 10.3 Å². The quantitative estimate of drug-likeness (QED) is 0.253. The lowest BCUT2D eigenvalue weighted by molar-refractivity contribution is 0.0600. The van der Waals surface area contributed by atoms with Crippen molar-refractivity contribution in [3.05, 3.63) is 144 Å². The molecule has 0 aliphatic carbocycles. The molecule has 5 rings (SSSR count). The highest BCUT2D eigenvalue weighted by Crippen LogP contribution is 2.41. The van der Waals surface area contributed by atoms with E-state index in [1.54, 1.807) is 18.3 Å². The third-order valence-electron chi connectivity index (χ3n) is 5.99. The van der Waals surface area contributed by atoms with Crippen molar-refractivity contribution < 1.29 is 9.53 Å². The molecule has 166 valence electrons. The van der Waals surface area contributed by atoms with Crippen molar-refractivity contribution in [3.63, 3.8) is 0 Å². The summed E-state index contributed by atoms with van der Waals surface area (Å²) in [6.07, 6.45) is 5.41. The van der Waals surface area contributed by atoms with Gasteiger partial charge in [-0.2, -0.15) is 0 Å². The van der Waals surface area contributed by atoms with Crippen LogP contribution < -0.4 is 0 Å². The molecular weight excluding hydrogens is 422 g/mol. The van der Waals surface area contributed by atoms with Gasteiger partial charge >= 0.3 is 5.97 Å². The number of carbonyl (C=O) groups is 1. The molecule has 2 heterocycles. The maximum absolute atomic E-state index is 12.0. The minimum absolute atomic E-state index is 0.407. The molecule has 0 aliphatic heterocycles. The molecule has 0 radical (unpaired) electrons. The Hall–Kier alpha value is -4.51. The van der Waals surface area contributed by atoms with Crippen LogP contribution in [0, 0.1) is 0 Å². The topological polar surface area (TPSA) is 57.0 Å². The molecule has 5 nitrogen and oxygen atoms in total. The van der Waals surface area contributed by atoms with Gasteiger partial charge in [0.2, 0.25) is 0 Å². The number of benzene rings is 3. The first kappa shape index (κ1) is 21.3. The zero-order chi connectivity index (χ0) is 23.4. The van der Waals surface area contributed by atoms with Crippen molar-refractivity contribution in [1.29, 1.82) is 0 Å². The molecule has 0 spiro atoms. The van der Waals surface area contributed by atoms with Gasteiger partial charge in [0, 0.05) is 12.4 Å². The van der Waals surface area contributed by atoms with E-state index in [1.165, 1.54) is 7.11 Å². The Kier molecular flexibility index (Phi) is 5.75. The maximum Gasteiger partial charge on any atom is 0.337 e. The lowest BCUT2D eigenvalue weighted by Crippen LogP contribution is -2.36. The lowest BCUT2D eigenvalue weighted by atomic mass is 9.77. The third kappa shape index (κ3) is 3.67. The van der Waals surface area contributed by atoms with Crippen LogP contribution >= 0.6 is 0 Å². The van der Waals surface area contributed by atoms with Gasteiger partial charge in [0.25, 0.3) is 0 Å². The Balaban J connectivity index is 1.75. The molecule has 3 aromatic carbocycles. The van der Waals surface area contributed by atoms with Crippen LogP contribution in [0.3, 0.4) is 0 Å². The molecule has 0 bridgehead atoms. The normalized spacial score (nSPS) is 11.2. The van der Waals surface area contributed by atoms with Crippen LogP contribution in [0.2, 0.25) is 0 Å². The maximum atomic E-state index is 12.0. The number of ether oxygens (including phenoxy) is 1. The highest BCUT2D eigenvalue weighted by Gasteiger charge is 2.38. The molecule has 5 heteroatoms. The van der Waals surface area contributed by atoms with Gasteiger partial charge in [-0.15, -0.1) is 0 Å². The number of rotatable bonds is 6. The van der Waals surface area contributed by atoms with Crippen LogP contribution in [0.15, 0.2) is 122 Å². The van der Waals surface area contributed by atoms with Crippen LogP contribution in [0.1, 0.15) is 27.0 Å². The molecule has 5 aromatic rings. The largest absolute Gasteiger partial charge is 0.465 e. The Morgan fingerprint density at radius 2 is 1.26 bits per heavy atom. The van der Waals surface area contributed by atoms with Gasteiger partial charge in [0.15, 0.2) is 0 Å². The molecular formula is C29H23N3O2. The van der Waals surface area contributed by atoms with Gasteiger partial charge in [-0.3, -0.25) is 4.98 Å². The second-order valence-corrected chi connectivity index (χ2v) is 7.90. The molecule has 0 unspecified atom stereocenters. The number of methoxy groups -OCH3 is 1. The molecule has 0 aliphatic rings. The molecule has 0 N–H and O–H groups in total. The van der Waals surface area contributed by atoms with Gasteiger partial charge in [0.05, 0.1) is 24.7 Å². The van der Waals surface area contributed by atoms with Crippen molar-refractivity contribution in [2.24, 2.45) is 0 Å². The van der Waals surface area contributed by atoms with E-state index in [0.717, 1.165) is 16.7 Å². The Labute approximate surface area is 198 Å². The molecule has 2 aromatic heterocycles.